The number of anilines is 1. The predicted octanol–water partition coefficient (Wildman–Crippen LogP) is 5.88. The van der Waals surface area contributed by atoms with Crippen LogP contribution in [0.5, 0.6) is 11.5 Å². The molecule has 0 amide bonds. The molecule has 3 nitrogen and oxygen atoms in total. The molecule has 0 spiro atoms. The minimum absolute atomic E-state index is 0.164. The molecule has 2 N–H and O–H groups in total. The first-order valence-corrected chi connectivity index (χ1v) is 9.10. The quantitative estimate of drug-likeness (QED) is 0.415. The molecule has 0 aliphatic rings. The summed E-state index contributed by atoms with van der Waals surface area (Å²) in [5, 5.41) is 15.0. The third-order valence-electron chi connectivity index (χ3n) is 4.68. The highest BCUT2D eigenvalue weighted by molar-refractivity contribution is 5.88. The van der Waals surface area contributed by atoms with E-state index < -0.39 is 0 Å². The van der Waals surface area contributed by atoms with Gasteiger partial charge in [-0.25, -0.2) is 4.39 Å². The smallest absolute Gasteiger partial charge is 0.129 e. The zero-order valence-corrected chi connectivity index (χ0v) is 15.2. The Morgan fingerprint density at radius 2 is 1.57 bits per heavy atom. The van der Waals surface area contributed by atoms with Crippen molar-refractivity contribution in [3.63, 3.8) is 0 Å². The number of aromatic hydroxyl groups is 1. The van der Waals surface area contributed by atoms with Crippen LogP contribution in [-0.2, 0) is 13.2 Å². The predicted molar refractivity (Wildman–Crippen MR) is 110 cm³/mol. The Labute approximate surface area is 163 Å². The van der Waals surface area contributed by atoms with Crippen LogP contribution in [0, 0.1) is 5.82 Å². The lowest BCUT2D eigenvalue weighted by Crippen LogP contribution is -2.05. The summed E-state index contributed by atoms with van der Waals surface area (Å²) >= 11 is 0. The number of benzene rings is 4. The molecule has 0 heterocycles. The van der Waals surface area contributed by atoms with Crippen LogP contribution in [0.15, 0.2) is 84.9 Å². The van der Waals surface area contributed by atoms with E-state index in [1.165, 1.54) is 6.07 Å². The van der Waals surface area contributed by atoms with Crippen molar-refractivity contribution >= 4 is 16.5 Å². The molecule has 0 aliphatic carbocycles. The van der Waals surface area contributed by atoms with E-state index in [0.717, 1.165) is 22.0 Å². The second kappa shape index (κ2) is 8.01. The third-order valence-corrected chi connectivity index (χ3v) is 4.68. The lowest BCUT2D eigenvalue weighted by molar-refractivity contribution is 0.297. The van der Waals surface area contributed by atoms with Crippen molar-refractivity contribution in [2.24, 2.45) is 0 Å². The summed E-state index contributed by atoms with van der Waals surface area (Å²) in [6.45, 7) is 0.704. The first kappa shape index (κ1) is 17.9. The molecule has 140 valence electrons. The SMILES string of the molecule is Oc1ccc(NCc2c(OCc3ccccc3F)ccc3ccccc23)cc1. The zero-order chi connectivity index (χ0) is 19.3. The number of hydrogen-bond acceptors (Lipinski definition) is 3. The zero-order valence-electron chi connectivity index (χ0n) is 15.2. The van der Waals surface area contributed by atoms with E-state index in [4.69, 9.17) is 4.74 Å². The number of phenolic OH excluding ortho intramolecular Hbond substituents is 1. The van der Waals surface area contributed by atoms with Gasteiger partial charge in [0.15, 0.2) is 0 Å². The number of phenols is 1. The number of halogens is 1. The van der Waals surface area contributed by atoms with Gasteiger partial charge < -0.3 is 15.2 Å². The summed E-state index contributed by atoms with van der Waals surface area (Å²) in [6, 6.07) is 25.6. The number of ether oxygens (including phenoxy) is 1. The van der Waals surface area contributed by atoms with Gasteiger partial charge in [-0.15, -0.1) is 0 Å². The lowest BCUT2D eigenvalue weighted by Gasteiger charge is -2.16. The molecule has 4 heteroatoms. The van der Waals surface area contributed by atoms with Gasteiger partial charge in [0.05, 0.1) is 0 Å². The highest BCUT2D eigenvalue weighted by atomic mass is 19.1. The Balaban J connectivity index is 1.62. The van der Waals surface area contributed by atoms with E-state index in [9.17, 15) is 9.50 Å². The summed E-state index contributed by atoms with van der Waals surface area (Å²) in [5.41, 5.74) is 2.42. The van der Waals surface area contributed by atoms with Gasteiger partial charge in [-0.05, 0) is 47.2 Å². The van der Waals surface area contributed by atoms with Crippen LogP contribution in [-0.4, -0.2) is 5.11 Å². The standard InChI is InChI=1S/C24H20FNO2/c25-23-8-4-2-6-18(23)16-28-24-14-9-17-5-1-3-7-21(17)22(24)15-26-19-10-12-20(27)13-11-19/h1-14,26-27H,15-16H2. The van der Waals surface area contributed by atoms with Gasteiger partial charge in [0.25, 0.3) is 0 Å². The van der Waals surface area contributed by atoms with Crippen molar-refractivity contribution in [3.05, 3.63) is 102 Å². The Bertz CT molecular complexity index is 1090. The van der Waals surface area contributed by atoms with Crippen LogP contribution in [0.1, 0.15) is 11.1 Å². The van der Waals surface area contributed by atoms with Crippen LogP contribution in [0.3, 0.4) is 0 Å². The van der Waals surface area contributed by atoms with Crippen molar-refractivity contribution in [1.82, 2.24) is 0 Å². The average molecular weight is 373 g/mol. The van der Waals surface area contributed by atoms with E-state index in [-0.39, 0.29) is 18.2 Å². The molecule has 4 aromatic carbocycles. The molecule has 0 fully saturated rings. The molecule has 0 bridgehead atoms. The molecule has 0 unspecified atom stereocenters. The highest BCUT2D eigenvalue weighted by Crippen LogP contribution is 2.30. The van der Waals surface area contributed by atoms with Crippen molar-refractivity contribution in [3.8, 4) is 11.5 Å². The minimum atomic E-state index is -0.271. The van der Waals surface area contributed by atoms with Gasteiger partial charge in [0, 0.05) is 23.4 Å². The van der Waals surface area contributed by atoms with Crippen molar-refractivity contribution in [1.29, 1.82) is 0 Å². The van der Waals surface area contributed by atoms with Gasteiger partial charge in [-0.2, -0.15) is 0 Å². The average Bonchev–Trinajstić information content (AvgIpc) is 2.73. The van der Waals surface area contributed by atoms with Gasteiger partial charge >= 0.3 is 0 Å². The molecule has 0 atom stereocenters. The minimum Gasteiger partial charge on any atom is -0.508 e. The topological polar surface area (TPSA) is 41.5 Å². The summed E-state index contributed by atoms with van der Waals surface area (Å²) < 4.78 is 19.9. The second-order valence-corrected chi connectivity index (χ2v) is 6.54. The Hall–Kier alpha value is -3.53. The first-order chi connectivity index (χ1) is 13.7. The summed E-state index contributed by atoms with van der Waals surface area (Å²) in [4.78, 5) is 0. The fraction of sp³-hybridized carbons (Fsp3) is 0.0833. The third kappa shape index (κ3) is 3.91. The molecule has 28 heavy (non-hydrogen) atoms. The highest BCUT2D eigenvalue weighted by Gasteiger charge is 2.10. The van der Waals surface area contributed by atoms with Crippen molar-refractivity contribution in [2.75, 3.05) is 5.32 Å². The maximum absolute atomic E-state index is 13.9. The van der Waals surface area contributed by atoms with Crippen LogP contribution >= 0.6 is 0 Å². The van der Waals surface area contributed by atoms with E-state index >= 15 is 0 Å². The fourth-order valence-electron chi connectivity index (χ4n) is 3.17. The van der Waals surface area contributed by atoms with Crippen LogP contribution in [0.4, 0.5) is 10.1 Å². The molecule has 4 rings (SSSR count). The summed E-state index contributed by atoms with van der Waals surface area (Å²) in [6.07, 6.45) is 0. The molecule has 0 aromatic heterocycles. The second-order valence-electron chi connectivity index (χ2n) is 6.54. The number of rotatable bonds is 6. The molecular formula is C24H20FNO2. The van der Waals surface area contributed by atoms with Gasteiger partial charge in [0.1, 0.15) is 23.9 Å². The maximum atomic E-state index is 13.9. The van der Waals surface area contributed by atoms with Gasteiger partial charge in [-0.3, -0.25) is 0 Å². The van der Waals surface area contributed by atoms with E-state index in [0.29, 0.717) is 17.9 Å². The monoisotopic (exact) mass is 373 g/mol. The van der Waals surface area contributed by atoms with Crippen LogP contribution in [0.2, 0.25) is 0 Å². The normalized spacial score (nSPS) is 10.8. The molecular weight excluding hydrogens is 353 g/mol. The molecule has 0 saturated heterocycles. The first-order valence-electron chi connectivity index (χ1n) is 9.10. The van der Waals surface area contributed by atoms with Crippen molar-refractivity contribution in [2.45, 2.75) is 13.2 Å². The number of fused-ring (bicyclic) bond motifs is 1. The molecule has 4 aromatic rings. The van der Waals surface area contributed by atoms with E-state index in [1.807, 2.05) is 36.4 Å². The Morgan fingerprint density at radius 1 is 0.821 bits per heavy atom. The van der Waals surface area contributed by atoms with E-state index in [2.05, 4.69) is 17.4 Å². The molecule has 0 radical (unpaired) electrons. The Kier molecular flexibility index (Phi) is 5.11. The summed E-state index contributed by atoms with van der Waals surface area (Å²) in [7, 11) is 0. The number of nitrogens with one attached hydrogen (secondary N) is 1. The largest absolute Gasteiger partial charge is 0.508 e. The maximum Gasteiger partial charge on any atom is 0.129 e. The Morgan fingerprint density at radius 3 is 2.39 bits per heavy atom. The number of hydrogen-bond donors (Lipinski definition) is 2. The van der Waals surface area contributed by atoms with Crippen molar-refractivity contribution < 1.29 is 14.2 Å². The van der Waals surface area contributed by atoms with Crippen LogP contribution < -0.4 is 10.1 Å². The summed E-state index contributed by atoms with van der Waals surface area (Å²) in [5.74, 6) is 0.671. The lowest BCUT2D eigenvalue weighted by atomic mass is 10.0. The molecule has 0 aliphatic heterocycles. The fourth-order valence-corrected chi connectivity index (χ4v) is 3.17. The van der Waals surface area contributed by atoms with E-state index in [1.54, 1.807) is 30.3 Å². The van der Waals surface area contributed by atoms with Gasteiger partial charge in [0.2, 0.25) is 0 Å². The van der Waals surface area contributed by atoms with Gasteiger partial charge in [-0.1, -0.05) is 48.5 Å². The molecule has 0 saturated carbocycles. The van der Waals surface area contributed by atoms with Crippen LogP contribution in [0.25, 0.3) is 10.8 Å².